The van der Waals surface area contributed by atoms with Crippen LogP contribution in [0.15, 0.2) is 52.2 Å². The molecule has 0 spiro atoms. The summed E-state index contributed by atoms with van der Waals surface area (Å²) < 4.78 is 17.8. The van der Waals surface area contributed by atoms with E-state index in [0.29, 0.717) is 11.3 Å². The fourth-order valence-corrected chi connectivity index (χ4v) is 2.58. The summed E-state index contributed by atoms with van der Waals surface area (Å²) in [6, 6.07) is 9.84. The first-order chi connectivity index (χ1) is 14.5. The van der Waals surface area contributed by atoms with Crippen LogP contribution in [0.25, 0.3) is 11.3 Å². The highest BCUT2D eigenvalue weighted by Gasteiger charge is 2.14. The van der Waals surface area contributed by atoms with E-state index < -0.39 is 4.92 Å². The Kier molecular flexibility index (Phi) is 5.13. The van der Waals surface area contributed by atoms with Crippen molar-refractivity contribution in [1.29, 1.82) is 0 Å². The van der Waals surface area contributed by atoms with Gasteiger partial charge in [0.05, 0.1) is 11.1 Å². The zero-order valence-corrected chi connectivity index (χ0v) is 15.5. The first-order valence-corrected chi connectivity index (χ1v) is 8.63. The van der Waals surface area contributed by atoms with Crippen molar-refractivity contribution in [1.82, 2.24) is 20.3 Å². The zero-order valence-electron chi connectivity index (χ0n) is 14.8. The van der Waals surface area contributed by atoms with Gasteiger partial charge in [0.1, 0.15) is 10.8 Å². The number of nitrogens with zero attached hydrogens (tertiary/aromatic N) is 6. The minimum Gasteiger partial charge on any atom is -0.337 e. The quantitative estimate of drug-likeness (QED) is 0.265. The molecule has 2 aromatic heterocycles. The number of nitrogens with one attached hydrogen (secondary N) is 2. The first kappa shape index (κ1) is 19.1. The normalized spacial score (nSPS) is 11.1. The Hall–Kier alpha value is -4.19. The van der Waals surface area contributed by atoms with E-state index in [4.69, 9.17) is 11.6 Å². The van der Waals surface area contributed by atoms with Gasteiger partial charge in [-0.3, -0.25) is 15.5 Å². The van der Waals surface area contributed by atoms with E-state index in [1.807, 2.05) is 0 Å². The van der Waals surface area contributed by atoms with Gasteiger partial charge in [0, 0.05) is 17.3 Å². The molecule has 0 aliphatic heterocycles. The molecule has 0 saturated heterocycles. The van der Waals surface area contributed by atoms with Crippen LogP contribution >= 0.6 is 11.6 Å². The molecule has 4 rings (SSSR count). The Morgan fingerprint density at radius 1 is 1.10 bits per heavy atom. The van der Waals surface area contributed by atoms with Gasteiger partial charge in [0.25, 0.3) is 5.69 Å². The molecule has 0 aliphatic rings. The summed E-state index contributed by atoms with van der Waals surface area (Å²) in [4.78, 5) is 18.9. The summed E-state index contributed by atoms with van der Waals surface area (Å²) >= 11 is 5.80. The monoisotopic (exact) mass is 428 g/mol. The molecule has 0 aliphatic carbocycles. The van der Waals surface area contributed by atoms with Crippen LogP contribution in [0.5, 0.6) is 0 Å². The molecular weight excluding hydrogens is 419 g/mol. The van der Waals surface area contributed by atoms with Crippen LogP contribution < -0.4 is 10.7 Å². The molecule has 4 aromatic rings. The number of anilines is 3. The number of rotatable bonds is 6. The standard InChI is InChI=1S/C17H10ClFN8O3/c18-12-6-1-9(7-13(12)27(28)29)8-20-24-15-14(21-11-4-2-10(19)3-5-11)22-16-17(23-15)26-30-25-16/h1-8H,(H,21,22,25)(H,23,24,26). The van der Waals surface area contributed by atoms with Gasteiger partial charge in [-0.15, -0.1) is 0 Å². The number of halogens is 2. The maximum absolute atomic E-state index is 13.1. The third-order valence-electron chi connectivity index (χ3n) is 3.77. The minimum absolute atomic E-state index is 0.0192. The Bertz CT molecular complexity index is 1260. The molecule has 0 saturated carbocycles. The van der Waals surface area contributed by atoms with Crippen LogP contribution in [-0.4, -0.2) is 31.4 Å². The Morgan fingerprint density at radius 3 is 2.50 bits per heavy atom. The number of fused-ring (bicyclic) bond motifs is 1. The summed E-state index contributed by atoms with van der Waals surface area (Å²) in [6.45, 7) is 0. The number of benzene rings is 2. The van der Waals surface area contributed by atoms with Crippen molar-refractivity contribution in [2.75, 3.05) is 10.7 Å². The second-order valence-corrected chi connectivity index (χ2v) is 6.21. The lowest BCUT2D eigenvalue weighted by Crippen LogP contribution is -2.03. The lowest BCUT2D eigenvalue weighted by Gasteiger charge is -2.09. The van der Waals surface area contributed by atoms with Gasteiger partial charge in [0.15, 0.2) is 11.6 Å². The van der Waals surface area contributed by atoms with Gasteiger partial charge in [0.2, 0.25) is 11.3 Å². The molecule has 11 nitrogen and oxygen atoms in total. The van der Waals surface area contributed by atoms with Crippen molar-refractivity contribution in [3.63, 3.8) is 0 Å². The topological polar surface area (TPSA) is 144 Å². The molecule has 30 heavy (non-hydrogen) atoms. The molecule has 0 unspecified atom stereocenters. The van der Waals surface area contributed by atoms with Gasteiger partial charge < -0.3 is 5.32 Å². The summed E-state index contributed by atoms with van der Waals surface area (Å²) in [5.41, 5.74) is 3.72. The van der Waals surface area contributed by atoms with Crippen molar-refractivity contribution in [3.05, 3.63) is 69.0 Å². The van der Waals surface area contributed by atoms with Crippen molar-refractivity contribution >= 4 is 52.1 Å². The molecule has 0 atom stereocenters. The van der Waals surface area contributed by atoms with Gasteiger partial charge in [-0.2, -0.15) is 10.1 Å². The largest absolute Gasteiger partial charge is 0.337 e. The predicted molar refractivity (Wildman–Crippen MR) is 106 cm³/mol. The third kappa shape index (κ3) is 4.12. The highest BCUT2D eigenvalue weighted by Crippen LogP contribution is 2.25. The molecule has 13 heteroatoms. The number of hydrogen-bond acceptors (Lipinski definition) is 10. The van der Waals surface area contributed by atoms with Gasteiger partial charge in [-0.05, 0) is 40.6 Å². The number of nitro benzene ring substituents is 1. The zero-order chi connectivity index (χ0) is 21.1. The van der Waals surface area contributed by atoms with E-state index in [0.717, 1.165) is 0 Å². The van der Waals surface area contributed by atoms with E-state index in [2.05, 4.69) is 40.8 Å². The maximum atomic E-state index is 13.1. The second-order valence-electron chi connectivity index (χ2n) is 5.80. The first-order valence-electron chi connectivity index (χ1n) is 8.25. The van der Waals surface area contributed by atoms with Crippen LogP contribution in [0.3, 0.4) is 0 Å². The fraction of sp³-hybridized carbons (Fsp3) is 0. The number of nitro groups is 1. The van der Waals surface area contributed by atoms with Crippen LogP contribution in [0.1, 0.15) is 5.56 Å². The maximum Gasteiger partial charge on any atom is 0.288 e. The minimum atomic E-state index is -0.588. The summed E-state index contributed by atoms with van der Waals surface area (Å²) in [6.07, 6.45) is 1.35. The van der Waals surface area contributed by atoms with E-state index in [1.165, 1.54) is 42.6 Å². The molecule has 0 radical (unpaired) electrons. The van der Waals surface area contributed by atoms with E-state index in [9.17, 15) is 14.5 Å². The average molecular weight is 429 g/mol. The Balaban J connectivity index is 1.61. The molecule has 2 heterocycles. The molecule has 2 N–H and O–H groups in total. The number of aromatic nitrogens is 4. The van der Waals surface area contributed by atoms with Crippen molar-refractivity contribution in [2.45, 2.75) is 0 Å². The van der Waals surface area contributed by atoms with Crippen LogP contribution in [0.2, 0.25) is 5.02 Å². The van der Waals surface area contributed by atoms with Crippen LogP contribution in [-0.2, 0) is 0 Å². The van der Waals surface area contributed by atoms with Gasteiger partial charge >= 0.3 is 0 Å². The molecule has 0 amide bonds. The fourth-order valence-electron chi connectivity index (χ4n) is 2.39. The molecule has 150 valence electrons. The second kappa shape index (κ2) is 8.05. The van der Waals surface area contributed by atoms with Gasteiger partial charge in [-0.1, -0.05) is 17.7 Å². The van der Waals surface area contributed by atoms with E-state index in [-0.39, 0.29) is 39.5 Å². The predicted octanol–water partition coefficient (Wildman–Crippen LogP) is 3.90. The molecule has 2 aromatic carbocycles. The van der Waals surface area contributed by atoms with E-state index >= 15 is 0 Å². The lowest BCUT2D eigenvalue weighted by molar-refractivity contribution is -0.384. The summed E-state index contributed by atoms with van der Waals surface area (Å²) in [7, 11) is 0. The molecule has 0 fully saturated rings. The summed E-state index contributed by atoms with van der Waals surface area (Å²) in [5.74, 6) is 0.00840. The lowest BCUT2D eigenvalue weighted by atomic mass is 10.2. The van der Waals surface area contributed by atoms with E-state index in [1.54, 1.807) is 6.07 Å². The number of hydrogen-bond donors (Lipinski definition) is 2. The van der Waals surface area contributed by atoms with Crippen LogP contribution in [0.4, 0.5) is 27.4 Å². The van der Waals surface area contributed by atoms with Crippen molar-refractivity contribution in [3.8, 4) is 0 Å². The molecular formula is C17H10ClFN8O3. The highest BCUT2D eigenvalue weighted by atomic mass is 35.5. The third-order valence-corrected chi connectivity index (χ3v) is 4.09. The molecule has 0 bridgehead atoms. The van der Waals surface area contributed by atoms with Gasteiger partial charge in [-0.25, -0.2) is 14.0 Å². The smallest absolute Gasteiger partial charge is 0.288 e. The average Bonchev–Trinajstić information content (AvgIpc) is 3.18. The van der Waals surface area contributed by atoms with Crippen LogP contribution in [0, 0.1) is 15.9 Å². The Morgan fingerprint density at radius 2 is 1.80 bits per heavy atom. The highest BCUT2D eigenvalue weighted by molar-refractivity contribution is 6.32. The van der Waals surface area contributed by atoms with Crippen molar-refractivity contribution in [2.24, 2.45) is 5.10 Å². The Labute approximate surface area is 171 Å². The summed E-state index contributed by atoms with van der Waals surface area (Å²) in [5, 5.41) is 25.3. The SMILES string of the molecule is O=[N+]([O-])c1cc(C=NNc2nc3nonc3nc2Nc2ccc(F)cc2)ccc1Cl. The number of hydrazone groups is 1. The van der Waals surface area contributed by atoms with Crippen molar-refractivity contribution < 1.29 is 13.9 Å².